The lowest BCUT2D eigenvalue weighted by molar-refractivity contribution is -0.118. The lowest BCUT2D eigenvalue weighted by atomic mass is 10.1. The highest BCUT2D eigenvalue weighted by Gasteiger charge is 2.33. The fourth-order valence-electron chi connectivity index (χ4n) is 3.42. The number of aryl methyl sites for hydroxylation is 3. The first-order valence-corrected chi connectivity index (χ1v) is 8.86. The van der Waals surface area contributed by atoms with Crippen molar-refractivity contribution in [1.29, 1.82) is 0 Å². The number of hydrogen-bond donors (Lipinski definition) is 0. The Morgan fingerprint density at radius 2 is 1.72 bits per heavy atom. The van der Waals surface area contributed by atoms with E-state index in [4.69, 9.17) is 0 Å². The maximum Gasteiger partial charge on any atom is 0.406 e. The molecule has 0 saturated heterocycles. The van der Waals surface area contributed by atoms with Crippen LogP contribution in [0.2, 0.25) is 0 Å². The van der Waals surface area contributed by atoms with E-state index in [1.807, 2.05) is 13.0 Å². The van der Waals surface area contributed by atoms with Crippen LogP contribution in [0.4, 0.5) is 29.1 Å². The molecule has 0 atom stereocenters. The summed E-state index contributed by atoms with van der Waals surface area (Å²) in [6.45, 7) is 3.93. The third kappa shape index (κ3) is 3.59. The van der Waals surface area contributed by atoms with Crippen LogP contribution >= 0.6 is 0 Å². The Morgan fingerprint density at radius 1 is 0.966 bits per heavy atom. The van der Waals surface area contributed by atoms with Gasteiger partial charge in [-0.25, -0.2) is 4.39 Å². The summed E-state index contributed by atoms with van der Waals surface area (Å²) in [6, 6.07) is 9.17. The molecule has 9 heteroatoms. The van der Waals surface area contributed by atoms with Crippen LogP contribution in [0.25, 0.3) is 16.7 Å². The summed E-state index contributed by atoms with van der Waals surface area (Å²) in [5, 5.41) is 8.47. The molecule has 0 fully saturated rings. The zero-order valence-corrected chi connectivity index (χ0v) is 15.9. The summed E-state index contributed by atoms with van der Waals surface area (Å²) in [6.07, 6.45) is -4.53. The van der Waals surface area contributed by atoms with E-state index < -0.39 is 18.5 Å². The van der Waals surface area contributed by atoms with Crippen LogP contribution in [0.3, 0.4) is 0 Å². The normalized spacial score (nSPS) is 12.1. The average Bonchev–Trinajstić information content (AvgIpc) is 2.98. The quantitative estimate of drug-likeness (QED) is 0.450. The molecular formula is C20H17F4N5. The van der Waals surface area contributed by atoms with Gasteiger partial charge in [0.05, 0.1) is 5.52 Å². The number of rotatable bonds is 3. The van der Waals surface area contributed by atoms with E-state index in [1.165, 1.54) is 12.1 Å². The third-order valence-corrected chi connectivity index (χ3v) is 4.58. The molecule has 0 aliphatic heterocycles. The highest BCUT2D eigenvalue weighted by atomic mass is 19.4. The minimum atomic E-state index is -4.53. The van der Waals surface area contributed by atoms with E-state index in [9.17, 15) is 17.6 Å². The zero-order chi connectivity index (χ0) is 20.9. The van der Waals surface area contributed by atoms with Crippen molar-refractivity contribution in [2.75, 3.05) is 11.4 Å². The van der Waals surface area contributed by atoms with Gasteiger partial charge in [-0.1, -0.05) is 6.07 Å². The van der Waals surface area contributed by atoms with E-state index in [0.717, 1.165) is 16.5 Å². The van der Waals surface area contributed by atoms with Crippen LogP contribution in [0.5, 0.6) is 0 Å². The number of fused-ring (bicyclic) bond motifs is 3. The minimum Gasteiger partial charge on any atom is -0.316 e. The lowest BCUT2D eigenvalue weighted by Crippen LogP contribution is -2.31. The second kappa shape index (κ2) is 6.68. The third-order valence-electron chi connectivity index (χ3n) is 4.58. The predicted molar refractivity (Wildman–Crippen MR) is 102 cm³/mol. The summed E-state index contributed by atoms with van der Waals surface area (Å²) in [5.74, 6) is 0.170. The van der Waals surface area contributed by atoms with Crippen LogP contribution in [0, 0.1) is 26.6 Å². The van der Waals surface area contributed by atoms with Gasteiger partial charge in [0.2, 0.25) is 0 Å². The van der Waals surface area contributed by atoms with E-state index in [0.29, 0.717) is 22.3 Å². The standard InChI is InChI=1S/C20H17F4N5/c1-11-4-5-16-17(8-11)29-13(3)26-27-19(29)25-18(16)28(10-20(22,23)24)15-7-12(2)6-14(21)9-15/h4-9H,10H2,1-3H3. The summed E-state index contributed by atoms with van der Waals surface area (Å²) in [5.41, 5.74) is 2.13. The summed E-state index contributed by atoms with van der Waals surface area (Å²) >= 11 is 0. The first-order valence-electron chi connectivity index (χ1n) is 8.86. The molecule has 0 N–H and O–H groups in total. The average molecular weight is 403 g/mol. The smallest absolute Gasteiger partial charge is 0.316 e. The van der Waals surface area contributed by atoms with Crippen molar-refractivity contribution < 1.29 is 17.6 Å². The van der Waals surface area contributed by atoms with Gasteiger partial charge in [-0.05, 0) is 62.2 Å². The number of anilines is 2. The minimum absolute atomic E-state index is 0.0437. The molecule has 4 rings (SSSR count). The van der Waals surface area contributed by atoms with E-state index in [2.05, 4.69) is 15.2 Å². The van der Waals surface area contributed by atoms with Crippen LogP contribution in [-0.2, 0) is 0 Å². The van der Waals surface area contributed by atoms with Crippen LogP contribution in [-0.4, -0.2) is 32.3 Å². The van der Waals surface area contributed by atoms with Crippen molar-refractivity contribution in [3.8, 4) is 0 Å². The summed E-state index contributed by atoms with van der Waals surface area (Å²) in [4.78, 5) is 5.34. The lowest BCUT2D eigenvalue weighted by Gasteiger charge is -2.27. The van der Waals surface area contributed by atoms with Crippen molar-refractivity contribution in [2.24, 2.45) is 0 Å². The van der Waals surface area contributed by atoms with Gasteiger partial charge in [0, 0.05) is 11.1 Å². The number of aromatic nitrogens is 4. The molecule has 0 aliphatic carbocycles. The fraction of sp³-hybridized carbons (Fsp3) is 0.250. The molecule has 150 valence electrons. The Labute approximate surface area is 163 Å². The second-order valence-electron chi connectivity index (χ2n) is 7.03. The predicted octanol–water partition coefficient (Wildman–Crippen LogP) is 5.04. The molecule has 5 nitrogen and oxygen atoms in total. The van der Waals surface area contributed by atoms with Crippen molar-refractivity contribution in [1.82, 2.24) is 19.6 Å². The summed E-state index contributed by atoms with van der Waals surface area (Å²) < 4.78 is 56.1. The van der Waals surface area contributed by atoms with Gasteiger partial charge >= 0.3 is 6.18 Å². The Morgan fingerprint density at radius 3 is 2.41 bits per heavy atom. The number of alkyl halides is 3. The molecule has 0 radical (unpaired) electrons. The number of hydrogen-bond acceptors (Lipinski definition) is 4. The Hall–Kier alpha value is -3.23. The Kier molecular flexibility index (Phi) is 4.40. The Balaban J connectivity index is 2.05. The van der Waals surface area contributed by atoms with Gasteiger partial charge in [0.1, 0.15) is 24.0 Å². The summed E-state index contributed by atoms with van der Waals surface area (Å²) in [7, 11) is 0. The van der Waals surface area contributed by atoms with Crippen molar-refractivity contribution >= 4 is 28.2 Å². The maximum atomic E-state index is 14.0. The molecule has 2 aromatic heterocycles. The van der Waals surface area contributed by atoms with Crippen LogP contribution in [0.15, 0.2) is 36.4 Å². The first-order chi connectivity index (χ1) is 13.6. The molecule has 0 bridgehead atoms. The highest BCUT2D eigenvalue weighted by Crippen LogP contribution is 2.35. The van der Waals surface area contributed by atoms with Gasteiger partial charge < -0.3 is 4.90 Å². The van der Waals surface area contributed by atoms with Gasteiger partial charge in [0.25, 0.3) is 5.78 Å². The molecule has 2 heterocycles. The molecule has 4 aromatic rings. The zero-order valence-electron chi connectivity index (χ0n) is 15.9. The maximum absolute atomic E-state index is 14.0. The molecule has 0 spiro atoms. The highest BCUT2D eigenvalue weighted by molar-refractivity contribution is 5.94. The number of benzene rings is 2. The fourth-order valence-corrected chi connectivity index (χ4v) is 3.42. The monoisotopic (exact) mass is 403 g/mol. The van der Waals surface area contributed by atoms with E-state index in [1.54, 1.807) is 30.4 Å². The van der Waals surface area contributed by atoms with Crippen LogP contribution < -0.4 is 4.90 Å². The molecule has 0 aliphatic rings. The SMILES string of the molecule is Cc1cc(F)cc(N(CC(F)(F)F)c2nc3nnc(C)n3c3cc(C)ccc23)c1. The molecule has 2 aromatic carbocycles. The van der Waals surface area contributed by atoms with E-state index in [-0.39, 0.29) is 17.3 Å². The number of nitrogens with zero attached hydrogens (tertiary/aromatic N) is 5. The van der Waals surface area contributed by atoms with E-state index >= 15 is 0 Å². The first kappa shape index (κ1) is 19.1. The van der Waals surface area contributed by atoms with Gasteiger partial charge in [-0.3, -0.25) is 4.40 Å². The van der Waals surface area contributed by atoms with Crippen LogP contribution in [0.1, 0.15) is 17.0 Å². The largest absolute Gasteiger partial charge is 0.406 e. The molecule has 29 heavy (non-hydrogen) atoms. The molecule has 0 unspecified atom stereocenters. The number of halogens is 4. The molecule has 0 saturated carbocycles. The topological polar surface area (TPSA) is 46.3 Å². The van der Waals surface area contributed by atoms with Gasteiger partial charge in [-0.15, -0.1) is 10.2 Å². The van der Waals surface area contributed by atoms with Gasteiger partial charge in [0.15, 0.2) is 0 Å². The van der Waals surface area contributed by atoms with Crippen molar-refractivity contribution in [3.05, 3.63) is 59.2 Å². The Bertz CT molecular complexity index is 1210. The van der Waals surface area contributed by atoms with Crippen molar-refractivity contribution in [3.63, 3.8) is 0 Å². The van der Waals surface area contributed by atoms with Gasteiger partial charge in [-0.2, -0.15) is 18.2 Å². The second-order valence-corrected chi connectivity index (χ2v) is 7.03. The molecule has 0 amide bonds. The molecular weight excluding hydrogens is 386 g/mol. The van der Waals surface area contributed by atoms with Crippen molar-refractivity contribution in [2.45, 2.75) is 26.9 Å².